The molecule has 0 fully saturated rings. The summed E-state index contributed by atoms with van der Waals surface area (Å²) in [5.74, 6) is 0. The summed E-state index contributed by atoms with van der Waals surface area (Å²) in [6, 6.07) is -0.0794. The van der Waals surface area contributed by atoms with E-state index in [2.05, 4.69) is 10.4 Å². The maximum Gasteiger partial charge on any atom is 0.250 e. The van der Waals surface area contributed by atoms with Crippen LogP contribution in [0.5, 0.6) is 0 Å². The largest absolute Gasteiger partial charge is 0.305 e. The second kappa shape index (κ2) is 5.05. The van der Waals surface area contributed by atoms with Crippen molar-refractivity contribution < 1.29 is 8.78 Å². The highest BCUT2D eigenvalue weighted by Gasteiger charge is 2.09. The molecule has 0 aromatic carbocycles. The van der Waals surface area contributed by atoms with Gasteiger partial charge in [0, 0.05) is 24.3 Å². The molecule has 0 saturated carbocycles. The van der Waals surface area contributed by atoms with Gasteiger partial charge in [0.1, 0.15) is 0 Å². The van der Waals surface area contributed by atoms with E-state index in [9.17, 15) is 8.78 Å². The predicted octanol–water partition coefficient (Wildman–Crippen LogP) is 1.82. The van der Waals surface area contributed by atoms with Crippen molar-refractivity contribution in [1.82, 2.24) is 15.1 Å². The molecular weight excluding hydrogens is 188 g/mol. The lowest BCUT2D eigenvalue weighted by Gasteiger charge is -2.10. The number of hydrogen-bond acceptors (Lipinski definition) is 2. The number of alkyl halides is 2. The third-order valence-electron chi connectivity index (χ3n) is 2.06. The molecule has 0 bridgehead atoms. The van der Waals surface area contributed by atoms with E-state index in [0.29, 0.717) is 0 Å². The zero-order valence-corrected chi connectivity index (χ0v) is 8.37. The summed E-state index contributed by atoms with van der Waals surface area (Å²) in [6.45, 7) is 4.34. The van der Waals surface area contributed by atoms with Crippen LogP contribution in [0.3, 0.4) is 0 Å². The highest BCUT2D eigenvalue weighted by molar-refractivity contribution is 5.08. The Morgan fingerprint density at radius 2 is 2.29 bits per heavy atom. The molecule has 1 unspecified atom stereocenters. The summed E-state index contributed by atoms with van der Waals surface area (Å²) in [6.07, 6.45) is 1.26. The van der Waals surface area contributed by atoms with Crippen LogP contribution in [0.1, 0.15) is 25.5 Å². The third kappa shape index (κ3) is 3.06. The lowest BCUT2D eigenvalue weighted by atomic mass is 10.2. The fourth-order valence-corrected chi connectivity index (χ4v) is 1.16. The van der Waals surface area contributed by atoms with E-state index < -0.39 is 6.43 Å². The first-order valence-electron chi connectivity index (χ1n) is 4.67. The smallest absolute Gasteiger partial charge is 0.250 e. The van der Waals surface area contributed by atoms with Crippen LogP contribution >= 0.6 is 0 Å². The number of nitrogens with zero attached hydrogens (tertiary/aromatic N) is 2. The normalized spacial score (nSPS) is 13.5. The number of rotatable bonds is 5. The highest BCUT2D eigenvalue weighted by atomic mass is 19.3. The third-order valence-corrected chi connectivity index (χ3v) is 2.06. The van der Waals surface area contributed by atoms with Crippen LogP contribution < -0.4 is 5.32 Å². The summed E-state index contributed by atoms with van der Waals surface area (Å²) in [5, 5.41) is 6.80. The molecule has 5 heteroatoms. The van der Waals surface area contributed by atoms with E-state index in [1.165, 1.54) is 0 Å². The molecule has 0 amide bonds. The second-order valence-corrected chi connectivity index (χ2v) is 3.15. The minimum atomic E-state index is -2.31. The van der Waals surface area contributed by atoms with E-state index in [0.717, 1.165) is 12.1 Å². The van der Waals surface area contributed by atoms with Crippen LogP contribution in [0.4, 0.5) is 8.78 Å². The lowest BCUT2D eigenvalue weighted by molar-refractivity contribution is 0.142. The Bertz CT molecular complexity index is 273. The van der Waals surface area contributed by atoms with E-state index >= 15 is 0 Å². The molecule has 0 saturated heterocycles. The van der Waals surface area contributed by atoms with Gasteiger partial charge in [0.15, 0.2) is 0 Å². The maximum atomic E-state index is 11.9. The van der Waals surface area contributed by atoms with Gasteiger partial charge in [-0.25, -0.2) is 8.78 Å². The monoisotopic (exact) mass is 203 g/mol. The lowest BCUT2D eigenvalue weighted by Crippen LogP contribution is -2.24. The molecule has 1 rings (SSSR count). The molecule has 0 aliphatic heterocycles. The first-order valence-corrected chi connectivity index (χ1v) is 4.67. The number of aromatic nitrogens is 2. The van der Waals surface area contributed by atoms with E-state index in [-0.39, 0.29) is 12.6 Å². The summed E-state index contributed by atoms with van der Waals surface area (Å²) in [4.78, 5) is 0. The maximum absolute atomic E-state index is 11.9. The second-order valence-electron chi connectivity index (χ2n) is 3.15. The van der Waals surface area contributed by atoms with Crippen molar-refractivity contribution >= 4 is 0 Å². The molecule has 0 aliphatic carbocycles. The molecule has 1 aromatic rings. The van der Waals surface area contributed by atoms with E-state index in [4.69, 9.17) is 0 Å². The Labute approximate surface area is 82.1 Å². The zero-order valence-electron chi connectivity index (χ0n) is 8.37. The molecule has 14 heavy (non-hydrogen) atoms. The van der Waals surface area contributed by atoms with Crippen LogP contribution in [0.25, 0.3) is 0 Å². The minimum absolute atomic E-state index is 0.0794. The molecule has 1 atom stereocenters. The van der Waals surface area contributed by atoms with Gasteiger partial charge >= 0.3 is 0 Å². The number of halogens is 2. The van der Waals surface area contributed by atoms with Gasteiger partial charge in [-0.1, -0.05) is 0 Å². The SMILES string of the molecule is CCn1cc(C(C)NCC(F)F)cn1. The molecule has 0 aliphatic rings. The van der Waals surface area contributed by atoms with Crippen molar-refractivity contribution in [3.05, 3.63) is 18.0 Å². The molecule has 1 heterocycles. The van der Waals surface area contributed by atoms with Crippen molar-refractivity contribution in [2.75, 3.05) is 6.54 Å². The zero-order chi connectivity index (χ0) is 10.6. The summed E-state index contributed by atoms with van der Waals surface area (Å²) >= 11 is 0. The van der Waals surface area contributed by atoms with Gasteiger partial charge in [-0.05, 0) is 13.8 Å². The van der Waals surface area contributed by atoms with Gasteiger partial charge in [-0.3, -0.25) is 4.68 Å². The fourth-order valence-electron chi connectivity index (χ4n) is 1.16. The van der Waals surface area contributed by atoms with Gasteiger partial charge < -0.3 is 5.32 Å². The van der Waals surface area contributed by atoms with Crippen molar-refractivity contribution in [3.8, 4) is 0 Å². The van der Waals surface area contributed by atoms with Gasteiger partial charge in [0.25, 0.3) is 6.43 Å². The van der Waals surface area contributed by atoms with Crippen LogP contribution in [-0.4, -0.2) is 22.8 Å². The summed E-state index contributed by atoms with van der Waals surface area (Å²) < 4.78 is 25.6. The average molecular weight is 203 g/mol. The quantitative estimate of drug-likeness (QED) is 0.791. The van der Waals surface area contributed by atoms with Crippen LogP contribution in [0.2, 0.25) is 0 Å². The first-order chi connectivity index (χ1) is 6.63. The Morgan fingerprint density at radius 1 is 1.57 bits per heavy atom. The van der Waals surface area contributed by atoms with Gasteiger partial charge in [-0.2, -0.15) is 5.10 Å². The van der Waals surface area contributed by atoms with E-state index in [1.54, 1.807) is 10.9 Å². The van der Waals surface area contributed by atoms with Gasteiger partial charge in [0.2, 0.25) is 0 Å². The fraction of sp³-hybridized carbons (Fsp3) is 0.667. The molecule has 1 N–H and O–H groups in total. The van der Waals surface area contributed by atoms with Crippen LogP contribution in [0, 0.1) is 0 Å². The Kier molecular flexibility index (Phi) is 4.00. The summed E-state index contributed by atoms with van der Waals surface area (Å²) in [7, 11) is 0. The molecule has 80 valence electrons. The highest BCUT2D eigenvalue weighted by Crippen LogP contribution is 2.10. The standard InChI is InChI=1S/C9H15F2N3/c1-3-14-6-8(4-13-14)7(2)12-5-9(10)11/h4,6-7,9,12H,3,5H2,1-2H3. The average Bonchev–Trinajstić information content (AvgIpc) is 2.62. The molecule has 3 nitrogen and oxygen atoms in total. The summed E-state index contributed by atoms with van der Waals surface area (Å²) in [5.41, 5.74) is 0.938. The first kappa shape index (κ1) is 11.1. The Hall–Kier alpha value is -0.970. The van der Waals surface area contributed by atoms with Crippen LogP contribution in [0.15, 0.2) is 12.4 Å². The Balaban J connectivity index is 2.47. The Morgan fingerprint density at radius 3 is 2.79 bits per heavy atom. The molecule has 0 spiro atoms. The van der Waals surface area contributed by atoms with Crippen LogP contribution in [-0.2, 0) is 6.54 Å². The topological polar surface area (TPSA) is 29.9 Å². The van der Waals surface area contributed by atoms with Gasteiger partial charge in [-0.15, -0.1) is 0 Å². The van der Waals surface area contributed by atoms with Crippen molar-refractivity contribution in [2.24, 2.45) is 0 Å². The molecule has 0 radical (unpaired) electrons. The van der Waals surface area contributed by atoms with E-state index in [1.807, 2.05) is 20.0 Å². The number of nitrogens with one attached hydrogen (secondary N) is 1. The van der Waals surface area contributed by atoms with Gasteiger partial charge in [0.05, 0.1) is 12.7 Å². The molecular formula is C9H15F2N3. The molecule has 1 aromatic heterocycles. The van der Waals surface area contributed by atoms with Crippen molar-refractivity contribution in [1.29, 1.82) is 0 Å². The predicted molar refractivity (Wildman–Crippen MR) is 50.3 cm³/mol. The van der Waals surface area contributed by atoms with Crippen molar-refractivity contribution in [3.63, 3.8) is 0 Å². The minimum Gasteiger partial charge on any atom is -0.305 e. The number of hydrogen-bond donors (Lipinski definition) is 1. The number of aryl methyl sites for hydroxylation is 1. The van der Waals surface area contributed by atoms with Crippen molar-refractivity contribution in [2.45, 2.75) is 32.9 Å².